The van der Waals surface area contributed by atoms with Gasteiger partial charge in [0.2, 0.25) is 0 Å². The minimum atomic E-state index is 0.877. The van der Waals surface area contributed by atoms with Crippen LogP contribution in [0.25, 0.3) is 11.1 Å². The molecule has 0 spiro atoms. The summed E-state index contributed by atoms with van der Waals surface area (Å²) < 4.78 is 5.52. The number of unbranched alkanes of at least 4 members (excludes halogenated alkanes) is 1. The zero-order chi connectivity index (χ0) is 12.6. The predicted molar refractivity (Wildman–Crippen MR) is 76.6 cm³/mol. The Bertz CT molecular complexity index is 483. The van der Waals surface area contributed by atoms with Gasteiger partial charge >= 0.3 is 0 Å². The first-order chi connectivity index (χ1) is 8.90. The third-order valence-electron chi connectivity index (χ3n) is 2.72. The van der Waals surface area contributed by atoms with Gasteiger partial charge in [0.15, 0.2) is 0 Å². The lowest BCUT2D eigenvalue weighted by Gasteiger charge is -2.03. The highest BCUT2D eigenvalue weighted by atomic mass is 16.5. The van der Waals surface area contributed by atoms with Crippen LogP contribution in [0.5, 0.6) is 5.75 Å². The molecule has 0 unspecified atom stereocenters. The molecule has 2 aromatic rings. The van der Waals surface area contributed by atoms with E-state index in [2.05, 4.69) is 31.2 Å². The van der Waals surface area contributed by atoms with Gasteiger partial charge in [-0.2, -0.15) is 0 Å². The molecule has 0 radical (unpaired) electrons. The van der Waals surface area contributed by atoms with Crippen molar-refractivity contribution in [2.24, 2.45) is 0 Å². The van der Waals surface area contributed by atoms with E-state index in [0.29, 0.717) is 0 Å². The maximum atomic E-state index is 5.52. The SMILES string of the molecule is CCCC=COc1ccc(-c2ccccc2)cc1. The molecule has 0 amide bonds. The van der Waals surface area contributed by atoms with E-state index in [4.69, 9.17) is 4.74 Å². The van der Waals surface area contributed by atoms with Crippen molar-refractivity contribution in [1.29, 1.82) is 0 Å². The van der Waals surface area contributed by atoms with Crippen molar-refractivity contribution in [3.63, 3.8) is 0 Å². The lowest BCUT2D eigenvalue weighted by atomic mass is 10.1. The molecule has 0 heterocycles. The van der Waals surface area contributed by atoms with Crippen molar-refractivity contribution in [2.45, 2.75) is 19.8 Å². The summed E-state index contributed by atoms with van der Waals surface area (Å²) in [5.74, 6) is 0.877. The van der Waals surface area contributed by atoms with Gasteiger partial charge in [0.25, 0.3) is 0 Å². The molecule has 0 saturated heterocycles. The molecule has 2 aromatic carbocycles. The van der Waals surface area contributed by atoms with Crippen molar-refractivity contribution in [2.75, 3.05) is 0 Å². The summed E-state index contributed by atoms with van der Waals surface area (Å²) in [5, 5.41) is 0. The van der Waals surface area contributed by atoms with Gasteiger partial charge in [0.05, 0.1) is 6.26 Å². The van der Waals surface area contributed by atoms with Crippen LogP contribution in [-0.4, -0.2) is 0 Å². The van der Waals surface area contributed by atoms with Crippen LogP contribution >= 0.6 is 0 Å². The van der Waals surface area contributed by atoms with Crippen LogP contribution < -0.4 is 4.74 Å². The summed E-state index contributed by atoms with van der Waals surface area (Å²) in [4.78, 5) is 0. The van der Waals surface area contributed by atoms with Crippen molar-refractivity contribution < 1.29 is 4.74 Å². The normalized spacial score (nSPS) is 10.7. The van der Waals surface area contributed by atoms with E-state index in [-0.39, 0.29) is 0 Å². The molecule has 0 aromatic heterocycles. The molecule has 2 rings (SSSR count). The van der Waals surface area contributed by atoms with Gasteiger partial charge in [-0.15, -0.1) is 0 Å². The number of rotatable bonds is 5. The molecule has 0 aliphatic carbocycles. The van der Waals surface area contributed by atoms with Crippen molar-refractivity contribution in [1.82, 2.24) is 0 Å². The molecule has 92 valence electrons. The minimum absolute atomic E-state index is 0.877. The van der Waals surface area contributed by atoms with Crippen LogP contribution in [0.4, 0.5) is 0 Å². The average molecular weight is 238 g/mol. The van der Waals surface area contributed by atoms with Gasteiger partial charge in [0, 0.05) is 0 Å². The number of allylic oxidation sites excluding steroid dienone is 1. The van der Waals surface area contributed by atoms with Crippen molar-refractivity contribution in [3.8, 4) is 16.9 Å². The van der Waals surface area contributed by atoms with E-state index in [1.54, 1.807) is 6.26 Å². The van der Waals surface area contributed by atoms with E-state index in [1.165, 1.54) is 11.1 Å². The Morgan fingerprint density at radius 1 is 0.889 bits per heavy atom. The molecular weight excluding hydrogens is 220 g/mol. The second kappa shape index (κ2) is 6.65. The highest BCUT2D eigenvalue weighted by Crippen LogP contribution is 2.22. The third kappa shape index (κ3) is 3.49. The minimum Gasteiger partial charge on any atom is -0.465 e. The summed E-state index contributed by atoms with van der Waals surface area (Å²) >= 11 is 0. The average Bonchev–Trinajstić information content (AvgIpc) is 2.45. The summed E-state index contributed by atoms with van der Waals surface area (Å²) in [6.45, 7) is 2.15. The van der Waals surface area contributed by atoms with Crippen LogP contribution in [0.3, 0.4) is 0 Å². The smallest absolute Gasteiger partial charge is 0.126 e. The number of benzene rings is 2. The highest BCUT2D eigenvalue weighted by Gasteiger charge is 1.96. The first-order valence-corrected chi connectivity index (χ1v) is 6.37. The largest absolute Gasteiger partial charge is 0.465 e. The molecule has 0 saturated carbocycles. The second-order valence-electron chi connectivity index (χ2n) is 4.17. The second-order valence-corrected chi connectivity index (χ2v) is 4.17. The molecule has 0 fully saturated rings. The fraction of sp³-hybridized carbons (Fsp3) is 0.176. The Balaban J connectivity index is 2.02. The maximum Gasteiger partial charge on any atom is 0.126 e. The standard InChI is InChI=1S/C17H18O/c1-2-3-7-14-18-17-12-10-16(11-13-17)15-8-5-4-6-9-15/h4-14H,2-3H2,1H3. The Morgan fingerprint density at radius 2 is 1.56 bits per heavy atom. The van der Waals surface area contributed by atoms with Crippen molar-refractivity contribution in [3.05, 3.63) is 66.9 Å². The predicted octanol–water partition coefficient (Wildman–Crippen LogP) is 5.05. The van der Waals surface area contributed by atoms with Gasteiger partial charge in [0.1, 0.15) is 5.75 Å². The summed E-state index contributed by atoms with van der Waals surface area (Å²) in [5.41, 5.74) is 2.44. The maximum absolute atomic E-state index is 5.52. The number of hydrogen-bond acceptors (Lipinski definition) is 1. The molecule has 0 aliphatic rings. The lowest BCUT2D eigenvalue weighted by Crippen LogP contribution is -1.82. The van der Waals surface area contributed by atoms with E-state index in [9.17, 15) is 0 Å². The van der Waals surface area contributed by atoms with Gasteiger partial charge < -0.3 is 4.74 Å². The fourth-order valence-electron chi connectivity index (χ4n) is 1.72. The quantitative estimate of drug-likeness (QED) is 0.662. The van der Waals surface area contributed by atoms with Gasteiger partial charge in [-0.05, 0) is 35.8 Å². The van der Waals surface area contributed by atoms with Crippen LogP contribution in [0, 0.1) is 0 Å². The first kappa shape index (κ1) is 12.4. The lowest BCUT2D eigenvalue weighted by molar-refractivity contribution is 0.478. The zero-order valence-corrected chi connectivity index (χ0v) is 10.7. The molecular formula is C17H18O. The van der Waals surface area contributed by atoms with Gasteiger partial charge in [-0.1, -0.05) is 55.8 Å². The Labute approximate surface area is 109 Å². The highest BCUT2D eigenvalue weighted by molar-refractivity contribution is 5.63. The monoisotopic (exact) mass is 238 g/mol. The molecule has 0 N–H and O–H groups in total. The number of hydrogen-bond donors (Lipinski definition) is 0. The van der Waals surface area contributed by atoms with E-state index < -0.39 is 0 Å². The van der Waals surface area contributed by atoms with Crippen LogP contribution in [0.15, 0.2) is 66.9 Å². The molecule has 18 heavy (non-hydrogen) atoms. The van der Waals surface area contributed by atoms with E-state index >= 15 is 0 Å². The Kier molecular flexibility index (Phi) is 4.60. The van der Waals surface area contributed by atoms with Crippen LogP contribution in [-0.2, 0) is 0 Å². The van der Waals surface area contributed by atoms with Gasteiger partial charge in [-0.25, -0.2) is 0 Å². The molecule has 1 nitrogen and oxygen atoms in total. The van der Waals surface area contributed by atoms with E-state index in [1.807, 2.05) is 36.4 Å². The van der Waals surface area contributed by atoms with E-state index in [0.717, 1.165) is 18.6 Å². The zero-order valence-electron chi connectivity index (χ0n) is 10.7. The van der Waals surface area contributed by atoms with Crippen LogP contribution in [0.1, 0.15) is 19.8 Å². The molecule has 0 bridgehead atoms. The first-order valence-electron chi connectivity index (χ1n) is 6.37. The summed E-state index contributed by atoms with van der Waals surface area (Å²) in [6.07, 6.45) is 6.01. The molecule has 1 heteroatoms. The van der Waals surface area contributed by atoms with Crippen LogP contribution in [0.2, 0.25) is 0 Å². The third-order valence-corrected chi connectivity index (χ3v) is 2.72. The Morgan fingerprint density at radius 3 is 2.22 bits per heavy atom. The molecule has 0 atom stereocenters. The summed E-state index contributed by atoms with van der Waals surface area (Å²) in [6, 6.07) is 18.5. The topological polar surface area (TPSA) is 9.23 Å². The molecule has 0 aliphatic heterocycles. The summed E-state index contributed by atoms with van der Waals surface area (Å²) in [7, 11) is 0. The van der Waals surface area contributed by atoms with Crippen molar-refractivity contribution >= 4 is 0 Å². The van der Waals surface area contributed by atoms with Gasteiger partial charge in [-0.3, -0.25) is 0 Å². The fourth-order valence-corrected chi connectivity index (χ4v) is 1.72. The Hall–Kier alpha value is -2.02. The number of ether oxygens (including phenoxy) is 1.